The Morgan fingerprint density at radius 1 is 1.25 bits per heavy atom. The van der Waals surface area contributed by atoms with E-state index in [4.69, 9.17) is 0 Å². The van der Waals surface area contributed by atoms with Gasteiger partial charge in [0.05, 0.1) is 11.3 Å². The predicted molar refractivity (Wildman–Crippen MR) is 60.3 cm³/mol. The first-order chi connectivity index (χ1) is 7.83. The van der Waals surface area contributed by atoms with Gasteiger partial charge in [0, 0.05) is 19.0 Å². The van der Waals surface area contributed by atoms with Crippen LogP contribution in [0.3, 0.4) is 0 Å². The molecule has 1 heterocycles. The van der Waals surface area contributed by atoms with Gasteiger partial charge < -0.3 is 0 Å². The molecule has 1 aromatic rings. The molecule has 1 aromatic heterocycles. The van der Waals surface area contributed by atoms with Gasteiger partial charge in [0.2, 0.25) is 0 Å². The molecule has 84 valence electrons. The van der Waals surface area contributed by atoms with Crippen LogP contribution in [-0.2, 0) is 12.8 Å². The average Bonchev–Trinajstić information content (AvgIpc) is 3.08. The van der Waals surface area contributed by atoms with E-state index in [0.717, 1.165) is 48.7 Å². The van der Waals surface area contributed by atoms with Crippen LogP contribution in [0, 0.1) is 5.92 Å². The van der Waals surface area contributed by atoms with Crippen molar-refractivity contribution in [1.82, 2.24) is 9.97 Å². The Morgan fingerprint density at radius 2 is 2.06 bits per heavy atom. The van der Waals surface area contributed by atoms with E-state index in [1.807, 2.05) is 0 Å². The lowest BCUT2D eigenvalue weighted by Crippen LogP contribution is -2.07. The number of rotatable bonds is 2. The van der Waals surface area contributed by atoms with Gasteiger partial charge in [-0.1, -0.05) is 0 Å². The second-order valence-electron chi connectivity index (χ2n) is 4.92. The topological polar surface area (TPSA) is 42.9 Å². The van der Waals surface area contributed by atoms with Gasteiger partial charge in [-0.25, -0.2) is 9.97 Å². The minimum absolute atomic E-state index is 0.227. The summed E-state index contributed by atoms with van der Waals surface area (Å²) in [4.78, 5) is 20.7. The number of hydrogen-bond donors (Lipinski definition) is 0. The van der Waals surface area contributed by atoms with Crippen molar-refractivity contribution in [3.63, 3.8) is 0 Å². The molecule has 1 fully saturated rings. The second-order valence-corrected chi connectivity index (χ2v) is 4.92. The van der Waals surface area contributed by atoms with Gasteiger partial charge in [0.1, 0.15) is 5.82 Å². The molecular weight excluding hydrogens is 200 g/mol. The first kappa shape index (κ1) is 9.94. The van der Waals surface area contributed by atoms with Crippen LogP contribution in [0.2, 0.25) is 0 Å². The van der Waals surface area contributed by atoms with Crippen molar-refractivity contribution in [3.8, 4) is 0 Å². The Balaban J connectivity index is 1.89. The van der Waals surface area contributed by atoms with Gasteiger partial charge in [-0.2, -0.15) is 0 Å². The van der Waals surface area contributed by atoms with E-state index in [1.165, 1.54) is 12.8 Å². The van der Waals surface area contributed by atoms with Gasteiger partial charge in [-0.3, -0.25) is 4.79 Å². The quantitative estimate of drug-likeness (QED) is 0.713. The molecule has 0 bridgehead atoms. The molecule has 3 rings (SSSR count). The molecule has 0 unspecified atom stereocenters. The summed E-state index contributed by atoms with van der Waals surface area (Å²) in [6.07, 6.45) is 9.08. The third-order valence-electron chi connectivity index (χ3n) is 3.45. The van der Waals surface area contributed by atoms with Crippen LogP contribution in [-0.4, -0.2) is 15.8 Å². The van der Waals surface area contributed by atoms with E-state index in [2.05, 4.69) is 9.97 Å². The minimum atomic E-state index is 0.227. The van der Waals surface area contributed by atoms with E-state index in [1.54, 1.807) is 6.20 Å². The molecule has 3 heteroatoms. The van der Waals surface area contributed by atoms with Crippen molar-refractivity contribution in [3.05, 3.63) is 23.3 Å². The van der Waals surface area contributed by atoms with Gasteiger partial charge in [0.15, 0.2) is 5.78 Å². The summed E-state index contributed by atoms with van der Waals surface area (Å²) in [7, 11) is 0. The summed E-state index contributed by atoms with van der Waals surface area (Å²) >= 11 is 0. The number of hydrogen-bond acceptors (Lipinski definition) is 3. The number of ketones is 1. The van der Waals surface area contributed by atoms with E-state index in [9.17, 15) is 4.79 Å². The summed E-state index contributed by atoms with van der Waals surface area (Å²) in [6.45, 7) is 0. The van der Waals surface area contributed by atoms with Crippen molar-refractivity contribution in [1.29, 1.82) is 0 Å². The van der Waals surface area contributed by atoms with Crippen LogP contribution < -0.4 is 0 Å². The zero-order chi connectivity index (χ0) is 11.0. The lowest BCUT2D eigenvalue weighted by atomic mass is 10.1. The molecule has 0 saturated heterocycles. The summed E-state index contributed by atoms with van der Waals surface area (Å²) < 4.78 is 0. The Morgan fingerprint density at radius 3 is 2.88 bits per heavy atom. The summed E-state index contributed by atoms with van der Waals surface area (Å²) in [5, 5.41) is 0. The number of fused-ring (bicyclic) bond motifs is 1. The molecule has 2 aliphatic rings. The third-order valence-corrected chi connectivity index (χ3v) is 3.45. The van der Waals surface area contributed by atoms with Crippen LogP contribution in [0.5, 0.6) is 0 Å². The Bertz CT molecular complexity index is 424. The van der Waals surface area contributed by atoms with E-state index >= 15 is 0 Å². The fraction of sp³-hybridized carbons (Fsp3) is 0.615. The fourth-order valence-corrected chi connectivity index (χ4v) is 2.27. The maximum Gasteiger partial charge on any atom is 0.166 e. The molecule has 3 nitrogen and oxygen atoms in total. The molecule has 0 aliphatic heterocycles. The molecular formula is C13H16N2O. The maximum absolute atomic E-state index is 11.8. The number of carbonyl (C=O) groups is 1. The zero-order valence-corrected chi connectivity index (χ0v) is 9.41. The fourth-order valence-electron chi connectivity index (χ4n) is 2.27. The molecule has 0 radical (unpaired) electrons. The molecule has 0 spiro atoms. The largest absolute Gasteiger partial charge is 0.294 e. The van der Waals surface area contributed by atoms with Crippen molar-refractivity contribution in [2.75, 3.05) is 0 Å². The summed E-state index contributed by atoms with van der Waals surface area (Å²) in [5.74, 6) is 1.97. The van der Waals surface area contributed by atoms with E-state index in [0.29, 0.717) is 6.42 Å². The van der Waals surface area contributed by atoms with Crippen molar-refractivity contribution >= 4 is 5.78 Å². The van der Waals surface area contributed by atoms with E-state index < -0.39 is 0 Å². The van der Waals surface area contributed by atoms with Gasteiger partial charge in [0.25, 0.3) is 0 Å². The number of aromatic nitrogens is 2. The van der Waals surface area contributed by atoms with Crippen molar-refractivity contribution < 1.29 is 4.79 Å². The SMILES string of the molecule is O=C1CCCCc2nc(CC3CC3)ncc21. The number of nitrogens with zero attached hydrogens (tertiary/aromatic N) is 2. The lowest BCUT2D eigenvalue weighted by molar-refractivity contribution is 0.0981. The van der Waals surface area contributed by atoms with Crippen LogP contribution in [0.15, 0.2) is 6.20 Å². The average molecular weight is 216 g/mol. The van der Waals surface area contributed by atoms with Crippen LogP contribution in [0.25, 0.3) is 0 Å². The Labute approximate surface area is 95.3 Å². The molecule has 0 N–H and O–H groups in total. The normalized spacial score (nSPS) is 20.4. The van der Waals surface area contributed by atoms with Gasteiger partial charge in [-0.15, -0.1) is 0 Å². The van der Waals surface area contributed by atoms with Gasteiger partial charge in [-0.05, 0) is 38.0 Å². The Hall–Kier alpha value is -1.25. The highest BCUT2D eigenvalue weighted by Crippen LogP contribution is 2.32. The van der Waals surface area contributed by atoms with Crippen molar-refractivity contribution in [2.45, 2.75) is 44.9 Å². The second kappa shape index (κ2) is 3.96. The summed E-state index contributed by atoms with van der Waals surface area (Å²) in [5.41, 5.74) is 1.77. The highest BCUT2D eigenvalue weighted by molar-refractivity contribution is 5.97. The predicted octanol–water partition coefficient (Wildman–Crippen LogP) is 2.34. The Kier molecular flexibility index (Phi) is 2.46. The maximum atomic E-state index is 11.8. The van der Waals surface area contributed by atoms with Crippen LogP contribution >= 0.6 is 0 Å². The molecule has 16 heavy (non-hydrogen) atoms. The monoisotopic (exact) mass is 216 g/mol. The summed E-state index contributed by atoms with van der Waals surface area (Å²) in [6, 6.07) is 0. The van der Waals surface area contributed by atoms with Crippen molar-refractivity contribution in [2.24, 2.45) is 5.92 Å². The number of Topliss-reactive ketones (excluding diaryl/α,β-unsaturated/α-hetero) is 1. The molecule has 0 amide bonds. The smallest absolute Gasteiger partial charge is 0.166 e. The third kappa shape index (κ3) is 1.99. The molecule has 2 aliphatic carbocycles. The van der Waals surface area contributed by atoms with Gasteiger partial charge >= 0.3 is 0 Å². The highest BCUT2D eigenvalue weighted by atomic mass is 16.1. The number of aryl methyl sites for hydroxylation is 1. The highest BCUT2D eigenvalue weighted by Gasteiger charge is 2.24. The molecule has 0 aromatic carbocycles. The molecule has 0 atom stereocenters. The molecule has 1 saturated carbocycles. The standard InChI is InChI=1S/C13H16N2O/c16-12-4-2-1-3-11-10(12)8-14-13(15-11)7-9-5-6-9/h8-9H,1-7H2. The number of carbonyl (C=O) groups excluding carboxylic acids is 1. The van der Waals surface area contributed by atoms with Crippen LogP contribution in [0.4, 0.5) is 0 Å². The van der Waals surface area contributed by atoms with Crippen LogP contribution in [0.1, 0.15) is 54.0 Å². The zero-order valence-electron chi connectivity index (χ0n) is 9.41. The van der Waals surface area contributed by atoms with E-state index in [-0.39, 0.29) is 5.78 Å². The first-order valence-corrected chi connectivity index (χ1v) is 6.21. The lowest BCUT2D eigenvalue weighted by Gasteiger charge is -2.05. The first-order valence-electron chi connectivity index (χ1n) is 6.21. The minimum Gasteiger partial charge on any atom is -0.294 e.